The fraction of sp³-hybridized carbons (Fsp3) is 0.233. The van der Waals surface area contributed by atoms with Crippen LogP contribution in [0.15, 0.2) is 46.7 Å². The number of aromatic carboxylic acids is 1. The summed E-state index contributed by atoms with van der Waals surface area (Å²) < 4.78 is 39.4. The maximum absolute atomic E-state index is 13.7. The molecule has 2 aromatic carbocycles. The van der Waals surface area contributed by atoms with Crippen LogP contribution >= 0.6 is 22.9 Å². The molecule has 0 saturated carbocycles. The van der Waals surface area contributed by atoms with Crippen molar-refractivity contribution in [2.45, 2.75) is 26.6 Å². The third kappa shape index (κ3) is 5.92. The highest BCUT2D eigenvalue weighted by Crippen LogP contribution is 2.39. The van der Waals surface area contributed by atoms with Gasteiger partial charge in [0.1, 0.15) is 35.6 Å². The predicted octanol–water partition coefficient (Wildman–Crippen LogP) is 5.95. The normalized spacial score (nSPS) is 11.4. The second-order valence-electron chi connectivity index (χ2n) is 9.96. The maximum atomic E-state index is 13.7. The van der Waals surface area contributed by atoms with E-state index in [0.29, 0.717) is 43.5 Å². The summed E-state index contributed by atoms with van der Waals surface area (Å²) in [5, 5.41) is 21.3. The van der Waals surface area contributed by atoms with E-state index in [9.17, 15) is 28.7 Å². The molecule has 226 valence electrons. The minimum Gasteiger partial charge on any atom is -0.491 e. The lowest BCUT2D eigenvalue weighted by Crippen LogP contribution is -2.27. The number of hydrogen-bond donors (Lipinski definition) is 1. The minimum atomic E-state index is -3.20. The molecule has 14 heteroatoms. The lowest BCUT2D eigenvalue weighted by Gasteiger charge is -2.19. The molecule has 3 heterocycles. The van der Waals surface area contributed by atoms with Gasteiger partial charge in [-0.3, -0.25) is 14.3 Å². The molecular formula is C30H24ClF2N5O5S. The standard InChI is InChI=1S/C30H24ClF2N5O5S/c1-15-36-22-10-16(13-37(2)3)26(43-30(32)33)20(12-34)24(22)28(39)38(15)8-9-42-23-5-4-17(31)11-19(23)18-6-7-35-25-21(29(40)41)14-44-27(18)25/h4-7,10-11,14,30H,8-9,13H2,1-3H3,(H,40,41). The van der Waals surface area contributed by atoms with Gasteiger partial charge in [-0.15, -0.1) is 11.3 Å². The van der Waals surface area contributed by atoms with Gasteiger partial charge in [-0.05, 0) is 51.4 Å². The van der Waals surface area contributed by atoms with E-state index in [0.717, 1.165) is 0 Å². The molecule has 10 nitrogen and oxygen atoms in total. The fourth-order valence-electron chi connectivity index (χ4n) is 4.96. The van der Waals surface area contributed by atoms with E-state index in [2.05, 4.69) is 9.97 Å². The molecule has 0 radical (unpaired) electrons. The molecule has 5 rings (SSSR count). The Kier molecular flexibility index (Phi) is 8.78. The van der Waals surface area contributed by atoms with Gasteiger partial charge in [0, 0.05) is 39.8 Å². The number of aryl methyl sites for hydroxylation is 1. The number of rotatable bonds is 10. The summed E-state index contributed by atoms with van der Waals surface area (Å²) in [6.45, 7) is -1.39. The van der Waals surface area contributed by atoms with E-state index < -0.39 is 18.1 Å². The van der Waals surface area contributed by atoms with Crippen molar-refractivity contribution < 1.29 is 28.2 Å². The number of nitrogens with zero attached hydrogens (tertiary/aromatic N) is 5. The van der Waals surface area contributed by atoms with E-state index >= 15 is 0 Å². The summed E-state index contributed by atoms with van der Waals surface area (Å²) in [5.74, 6) is -0.691. The van der Waals surface area contributed by atoms with Crippen LogP contribution in [0.2, 0.25) is 5.02 Å². The van der Waals surface area contributed by atoms with Gasteiger partial charge in [-0.25, -0.2) is 9.78 Å². The van der Waals surface area contributed by atoms with Gasteiger partial charge in [-0.1, -0.05) is 11.6 Å². The van der Waals surface area contributed by atoms with Crippen molar-refractivity contribution in [1.29, 1.82) is 5.26 Å². The zero-order valence-electron chi connectivity index (χ0n) is 23.6. The van der Waals surface area contributed by atoms with E-state index in [1.54, 1.807) is 50.2 Å². The largest absolute Gasteiger partial charge is 0.491 e. The van der Waals surface area contributed by atoms with Crippen LogP contribution in [0, 0.1) is 18.3 Å². The van der Waals surface area contributed by atoms with E-state index in [1.165, 1.54) is 33.5 Å². The van der Waals surface area contributed by atoms with Gasteiger partial charge >= 0.3 is 12.6 Å². The molecule has 1 N–H and O–H groups in total. The minimum absolute atomic E-state index is 0.0113. The molecule has 0 saturated heterocycles. The first-order valence-electron chi connectivity index (χ1n) is 13.1. The molecule has 44 heavy (non-hydrogen) atoms. The first-order valence-corrected chi connectivity index (χ1v) is 14.3. The predicted molar refractivity (Wildman–Crippen MR) is 162 cm³/mol. The highest BCUT2D eigenvalue weighted by Gasteiger charge is 2.23. The number of carboxylic acid groups (broad SMARTS) is 1. The monoisotopic (exact) mass is 639 g/mol. The van der Waals surface area contributed by atoms with E-state index in [1.807, 2.05) is 6.07 Å². The Balaban J connectivity index is 1.51. The molecule has 0 bridgehead atoms. The van der Waals surface area contributed by atoms with Gasteiger partial charge in [0.05, 0.1) is 33.2 Å². The summed E-state index contributed by atoms with van der Waals surface area (Å²) in [4.78, 5) is 35.8. The Hall–Kier alpha value is -4.64. The summed E-state index contributed by atoms with van der Waals surface area (Å²) in [5.41, 5.74) is 1.27. The molecule has 0 spiro atoms. The molecule has 0 amide bonds. The molecule has 0 aliphatic heterocycles. The van der Waals surface area contributed by atoms with Crippen LogP contribution in [-0.4, -0.2) is 57.8 Å². The number of carboxylic acids is 1. The van der Waals surface area contributed by atoms with Crippen LogP contribution in [-0.2, 0) is 13.1 Å². The number of hydrogen-bond acceptors (Lipinski definition) is 9. The van der Waals surface area contributed by atoms with Crippen molar-refractivity contribution >= 4 is 50.0 Å². The molecule has 0 aliphatic carbocycles. The number of ether oxygens (including phenoxy) is 2. The first-order chi connectivity index (χ1) is 21.0. The Bertz CT molecular complexity index is 2020. The Labute approximate surface area is 258 Å². The molecule has 0 unspecified atom stereocenters. The summed E-state index contributed by atoms with van der Waals surface area (Å²) in [7, 11) is 3.46. The Morgan fingerprint density at radius 3 is 2.70 bits per heavy atom. The number of alkyl halides is 2. The number of nitriles is 1. The SMILES string of the molecule is Cc1nc2cc(CN(C)C)c(OC(F)F)c(C#N)c2c(=O)n1CCOc1ccc(Cl)cc1-c1ccnc2c(C(=O)O)csc12. The van der Waals surface area contributed by atoms with Crippen molar-refractivity contribution in [2.75, 3.05) is 20.7 Å². The third-order valence-electron chi connectivity index (χ3n) is 6.76. The number of halogens is 3. The number of aromatic nitrogens is 3. The summed E-state index contributed by atoms with van der Waals surface area (Å²) in [6, 6.07) is 10.1. The Morgan fingerprint density at radius 2 is 2.02 bits per heavy atom. The molecular weight excluding hydrogens is 616 g/mol. The molecule has 0 aliphatic rings. The lowest BCUT2D eigenvalue weighted by atomic mass is 10.0. The second kappa shape index (κ2) is 12.5. The zero-order valence-corrected chi connectivity index (χ0v) is 25.2. The molecule has 0 fully saturated rings. The first kappa shape index (κ1) is 30.8. The zero-order chi connectivity index (χ0) is 31.7. The smallest absolute Gasteiger partial charge is 0.387 e. The van der Waals surface area contributed by atoms with Crippen LogP contribution in [0.5, 0.6) is 11.5 Å². The van der Waals surface area contributed by atoms with Crippen LogP contribution in [0.25, 0.3) is 32.2 Å². The average Bonchev–Trinajstić information content (AvgIpc) is 3.40. The number of benzene rings is 2. The highest BCUT2D eigenvalue weighted by molar-refractivity contribution is 7.18. The topological polar surface area (TPSA) is 131 Å². The van der Waals surface area contributed by atoms with Gasteiger partial charge < -0.3 is 19.5 Å². The van der Waals surface area contributed by atoms with Gasteiger partial charge in [0.2, 0.25) is 0 Å². The van der Waals surface area contributed by atoms with Gasteiger partial charge in [-0.2, -0.15) is 14.0 Å². The van der Waals surface area contributed by atoms with Crippen molar-refractivity contribution in [3.8, 4) is 28.7 Å². The summed E-state index contributed by atoms with van der Waals surface area (Å²) in [6.07, 6.45) is 1.51. The van der Waals surface area contributed by atoms with E-state index in [4.69, 9.17) is 21.1 Å². The molecule has 0 atom stereocenters. The van der Waals surface area contributed by atoms with Crippen LogP contribution in [0.1, 0.15) is 27.3 Å². The number of fused-ring (bicyclic) bond motifs is 2. The number of carbonyl (C=O) groups is 1. The summed E-state index contributed by atoms with van der Waals surface area (Å²) >= 11 is 7.54. The van der Waals surface area contributed by atoms with Crippen LogP contribution in [0.3, 0.4) is 0 Å². The van der Waals surface area contributed by atoms with Gasteiger partial charge in [0.15, 0.2) is 0 Å². The van der Waals surface area contributed by atoms with Crippen molar-refractivity contribution in [3.63, 3.8) is 0 Å². The third-order valence-corrected chi connectivity index (χ3v) is 8.00. The fourth-order valence-corrected chi connectivity index (χ4v) is 6.16. The number of thiophene rings is 1. The second-order valence-corrected chi connectivity index (χ2v) is 11.3. The maximum Gasteiger partial charge on any atom is 0.387 e. The van der Waals surface area contributed by atoms with Crippen LogP contribution in [0.4, 0.5) is 8.78 Å². The van der Waals surface area contributed by atoms with Gasteiger partial charge in [0.25, 0.3) is 5.56 Å². The average molecular weight is 640 g/mol. The van der Waals surface area contributed by atoms with Crippen molar-refractivity contribution in [2.24, 2.45) is 0 Å². The van der Waals surface area contributed by atoms with Crippen LogP contribution < -0.4 is 15.0 Å². The lowest BCUT2D eigenvalue weighted by molar-refractivity contribution is -0.0508. The number of pyridine rings is 1. The quantitative estimate of drug-likeness (QED) is 0.197. The van der Waals surface area contributed by atoms with Crippen molar-refractivity contribution in [1.82, 2.24) is 19.4 Å². The van der Waals surface area contributed by atoms with E-state index in [-0.39, 0.29) is 47.5 Å². The highest BCUT2D eigenvalue weighted by atomic mass is 35.5. The molecule has 3 aromatic heterocycles. The molecule has 5 aromatic rings. The Morgan fingerprint density at radius 1 is 1.25 bits per heavy atom. The van der Waals surface area contributed by atoms with Crippen molar-refractivity contribution in [3.05, 3.63) is 79.8 Å².